The molecule has 0 atom stereocenters. The fraction of sp³-hybridized carbons (Fsp3) is 0.286. The van der Waals surface area contributed by atoms with Crippen LogP contribution in [0.4, 0.5) is 0 Å². The second kappa shape index (κ2) is 6.48. The summed E-state index contributed by atoms with van der Waals surface area (Å²) in [5.41, 5.74) is 0. The number of alkyl halides is 1. The van der Waals surface area contributed by atoms with Gasteiger partial charge in [-0.2, -0.15) is 0 Å². The Hall–Kier alpha value is -1.25. The molecule has 17 heavy (non-hydrogen) atoms. The lowest BCUT2D eigenvalue weighted by atomic mass is 10.1. The van der Waals surface area contributed by atoms with Gasteiger partial charge in [0.1, 0.15) is 12.4 Å². The molecular formula is C14H15ClO2. The van der Waals surface area contributed by atoms with Crippen LogP contribution in [0.1, 0.15) is 0 Å². The molecular weight excluding hydrogens is 236 g/mol. The van der Waals surface area contributed by atoms with Crippen molar-refractivity contribution in [1.82, 2.24) is 0 Å². The average molecular weight is 251 g/mol. The highest BCUT2D eigenvalue weighted by Crippen LogP contribution is 2.20. The molecule has 90 valence electrons. The monoisotopic (exact) mass is 250 g/mol. The van der Waals surface area contributed by atoms with Crippen LogP contribution in [0.3, 0.4) is 0 Å². The first-order chi connectivity index (χ1) is 8.40. The lowest BCUT2D eigenvalue weighted by Crippen LogP contribution is -2.07. The van der Waals surface area contributed by atoms with E-state index in [1.54, 1.807) is 0 Å². The largest absolute Gasteiger partial charge is 0.491 e. The van der Waals surface area contributed by atoms with Crippen molar-refractivity contribution in [1.29, 1.82) is 0 Å². The normalized spacial score (nSPS) is 10.6. The molecule has 3 heteroatoms. The summed E-state index contributed by atoms with van der Waals surface area (Å²) >= 11 is 5.50. The number of rotatable bonds is 6. The summed E-state index contributed by atoms with van der Waals surface area (Å²) in [6, 6.07) is 14.3. The maximum Gasteiger partial charge on any atom is 0.120 e. The summed E-state index contributed by atoms with van der Waals surface area (Å²) in [4.78, 5) is 0. The zero-order chi connectivity index (χ0) is 11.9. The number of benzene rings is 2. The van der Waals surface area contributed by atoms with Gasteiger partial charge in [0, 0.05) is 5.88 Å². The highest BCUT2D eigenvalue weighted by atomic mass is 35.5. The minimum atomic E-state index is 0.524. The van der Waals surface area contributed by atoms with Gasteiger partial charge >= 0.3 is 0 Å². The first-order valence-corrected chi connectivity index (χ1v) is 6.19. The summed E-state index contributed by atoms with van der Waals surface area (Å²) in [6.07, 6.45) is 0. The third-order valence-corrected chi connectivity index (χ3v) is 2.59. The standard InChI is InChI=1S/C14H15ClO2/c15-7-8-16-9-10-17-14-6-5-12-3-1-2-4-13(12)11-14/h1-6,11H,7-10H2. The summed E-state index contributed by atoms with van der Waals surface area (Å²) in [6.45, 7) is 1.69. The van der Waals surface area contributed by atoms with Gasteiger partial charge in [0.05, 0.1) is 13.2 Å². The molecule has 2 nitrogen and oxygen atoms in total. The second-order valence-corrected chi connectivity index (χ2v) is 4.04. The quantitative estimate of drug-likeness (QED) is 0.577. The Kier molecular flexibility index (Phi) is 4.65. The van der Waals surface area contributed by atoms with Gasteiger partial charge in [0.2, 0.25) is 0 Å². The third kappa shape index (κ3) is 3.62. The van der Waals surface area contributed by atoms with Crippen LogP contribution in [0, 0.1) is 0 Å². The first kappa shape index (κ1) is 12.2. The van der Waals surface area contributed by atoms with Gasteiger partial charge in [0.15, 0.2) is 0 Å². The minimum Gasteiger partial charge on any atom is -0.491 e. The van der Waals surface area contributed by atoms with Crippen LogP contribution in [0.25, 0.3) is 10.8 Å². The molecule has 0 aliphatic rings. The Morgan fingerprint density at radius 3 is 2.53 bits per heavy atom. The molecule has 0 aliphatic carbocycles. The Balaban J connectivity index is 1.90. The van der Waals surface area contributed by atoms with Crippen LogP contribution in [0.5, 0.6) is 5.75 Å². The molecule has 0 radical (unpaired) electrons. The molecule has 0 saturated heterocycles. The van der Waals surface area contributed by atoms with Crippen molar-refractivity contribution >= 4 is 22.4 Å². The van der Waals surface area contributed by atoms with Gasteiger partial charge in [-0.25, -0.2) is 0 Å². The lowest BCUT2D eigenvalue weighted by molar-refractivity contribution is 0.111. The molecule has 0 aliphatic heterocycles. The highest BCUT2D eigenvalue weighted by Gasteiger charge is 1.96. The van der Waals surface area contributed by atoms with E-state index in [4.69, 9.17) is 21.1 Å². The van der Waals surface area contributed by atoms with Gasteiger partial charge in [-0.3, -0.25) is 0 Å². The van der Waals surface area contributed by atoms with Gasteiger partial charge in [0.25, 0.3) is 0 Å². The fourth-order valence-corrected chi connectivity index (χ4v) is 1.74. The molecule has 0 aromatic heterocycles. The number of hydrogen-bond acceptors (Lipinski definition) is 2. The molecule has 0 bridgehead atoms. The summed E-state index contributed by atoms with van der Waals surface area (Å²) in [5.74, 6) is 1.40. The molecule has 0 unspecified atom stereocenters. The van der Waals surface area contributed by atoms with E-state index >= 15 is 0 Å². The maximum absolute atomic E-state index is 5.59. The Morgan fingerprint density at radius 2 is 1.71 bits per heavy atom. The van der Waals surface area contributed by atoms with Crippen molar-refractivity contribution in [3.63, 3.8) is 0 Å². The molecule has 0 saturated carbocycles. The second-order valence-electron chi connectivity index (χ2n) is 3.66. The maximum atomic E-state index is 5.59. The zero-order valence-electron chi connectivity index (χ0n) is 9.56. The van der Waals surface area contributed by atoms with Crippen LogP contribution < -0.4 is 4.74 Å². The van der Waals surface area contributed by atoms with Crippen molar-refractivity contribution in [2.24, 2.45) is 0 Å². The predicted molar refractivity (Wildman–Crippen MR) is 71.0 cm³/mol. The molecule has 0 spiro atoms. The van der Waals surface area contributed by atoms with E-state index in [0.29, 0.717) is 25.7 Å². The number of fused-ring (bicyclic) bond motifs is 1. The lowest BCUT2D eigenvalue weighted by Gasteiger charge is -2.07. The number of ether oxygens (including phenoxy) is 2. The van der Waals surface area contributed by atoms with Crippen molar-refractivity contribution in [3.05, 3.63) is 42.5 Å². The minimum absolute atomic E-state index is 0.524. The number of halogens is 1. The van der Waals surface area contributed by atoms with Crippen LogP contribution in [-0.2, 0) is 4.74 Å². The van der Waals surface area contributed by atoms with Gasteiger partial charge < -0.3 is 9.47 Å². The van der Waals surface area contributed by atoms with E-state index in [1.807, 2.05) is 24.3 Å². The molecule has 2 aromatic carbocycles. The van der Waals surface area contributed by atoms with Crippen LogP contribution >= 0.6 is 11.6 Å². The van der Waals surface area contributed by atoms with Crippen LogP contribution in [0.15, 0.2) is 42.5 Å². The van der Waals surface area contributed by atoms with Crippen molar-refractivity contribution in [2.75, 3.05) is 25.7 Å². The van der Waals surface area contributed by atoms with E-state index in [9.17, 15) is 0 Å². The Labute approximate surface area is 106 Å². The SMILES string of the molecule is ClCCOCCOc1ccc2ccccc2c1. The predicted octanol–water partition coefficient (Wildman–Crippen LogP) is 3.47. The molecule has 0 N–H and O–H groups in total. The molecule has 2 aromatic rings. The zero-order valence-corrected chi connectivity index (χ0v) is 10.3. The summed E-state index contributed by atoms with van der Waals surface area (Å²) in [7, 11) is 0. The van der Waals surface area contributed by atoms with Crippen molar-refractivity contribution in [3.8, 4) is 5.75 Å². The molecule has 0 heterocycles. The summed E-state index contributed by atoms with van der Waals surface area (Å²) < 4.78 is 10.8. The topological polar surface area (TPSA) is 18.5 Å². The molecule has 0 fully saturated rings. The average Bonchev–Trinajstić information content (AvgIpc) is 2.38. The van der Waals surface area contributed by atoms with E-state index in [-0.39, 0.29) is 0 Å². The first-order valence-electron chi connectivity index (χ1n) is 5.65. The number of hydrogen-bond donors (Lipinski definition) is 0. The van der Waals surface area contributed by atoms with Gasteiger partial charge in [-0.1, -0.05) is 30.3 Å². The highest BCUT2D eigenvalue weighted by molar-refractivity contribution is 6.17. The Bertz CT molecular complexity index is 470. The summed E-state index contributed by atoms with van der Waals surface area (Å²) in [5, 5.41) is 2.41. The molecule has 2 rings (SSSR count). The van der Waals surface area contributed by atoms with E-state index in [2.05, 4.69) is 18.2 Å². The fourth-order valence-electron chi connectivity index (χ4n) is 1.63. The molecule has 0 amide bonds. The van der Waals surface area contributed by atoms with Crippen molar-refractivity contribution < 1.29 is 9.47 Å². The third-order valence-electron chi connectivity index (χ3n) is 2.44. The van der Waals surface area contributed by atoms with Crippen LogP contribution in [0.2, 0.25) is 0 Å². The van der Waals surface area contributed by atoms with E-state index < -0.39 is 0 Å². The van der Waals surface area contributed by atoms with Gasteiger partial charge in [-0.15, -0.1) is 11.6 Å². The van der Waals surface area contributed by atoms with Crippen LogP contribution in [-0.4, -0.2) is 25.7 Å². The Morgan fingerprint density at radius 1 is 0.882 bits per heavy atom. The van der Waals surface area contributed by atoms with Crippen molar-refractivity contribution in [2.45, 2.75) is 0 Å². The van der Waals surface area contributed by atoms with Gasteiger partial charge in [-0.05, 0) is 22.9 Å². The van der Waals surface area contributed by atoms with E-state index in [0.717, 1.165) is 5.75 Å². The van der Waals surface area contributed by atoms with E-state index in [1.165, 1.54) is 10.8 Å². The smallest absolute Gasteiger partial charge is 0.120 e.